The molecule has 0 aliphatic carbocycles. The molecular weight excluding hydrogens is 236 g/mol. The Kier molecular flexibility index (Phi) is 2.93. The number of carbonyl (C=O) groups is 1. The number of aliphatic carboxylic acids is 1. The zero-order chi connectivity index (χ0) is 13.3. The Morgan fingerprint density at radius 1 is 1.50 bits per heavy atom. The van der Waals surface area contributed by atoms with Crippen LogP contribution in [0.4, 0.5) is 5.69 Å². The number of nitro benzene ring substituents is 1. The minimum absolute atomic E-state index is 0.0718. The highest BCUT2D eigenvalue weighted by molar-refractivity contribution is 5.88. The zero-order valence-corrected chi connectivity index (χ0v) is 9.58. The summed E-state index contributed by atoms with van der Waals surface area (Å²) in [6.07, 6.45) is -0.141. The number of aromatic nitrogens is 1. The van der Waals surface area contributed by atoms with Crippen LogP contribution in [0.2, 0.25) is 0 Å². The number of carboxylic acids is 1. The molecule has 1 heterocycles. The Morgan fingerprint density at radius 2 is 2.22 bits per heavy atom. The molecule has 0 fully saturated rings. The number of fused-ring (bicyclic) bond motifs is 1. The number of para-hydroxylation sites is 1. The van der Waals surface area contributed by atoms with Crippen LogP contribution in [0.5, 0.6) is 0 Å². The second-order valence-electron chi connectivity index (χ2n) is 3.91. The van der Waals surface area contributed by atoms with E-state index in [9.17, 15) is 14.9 Å². The fourth-order valence-corrected chi connectivity index (χ4v) is 1.81. The van der Waals surface area contributed by atoms with E-state index in [2.05, 4.69) is 4.98 Å². The maximum Gasteiger partial charge on any atom is 0.307 e. The lowest BCUT2D eigenvalue weighted by Crippen LogP contribution is -2.04. The summed E-state index contributed by atoms with van der Waals surface area (Å²) < 4.78 is 0. The molecule has 1 aromatic carbocycles. The van der Waals surface area contributed by atoms with Crippen LogP contribution in [0.15, 0.2) is 24.3 Å². The number of rotatable bonds is 3. The molecule has 0 atom stereocenters. The van der Waals surface area contributed by atoms with Crippen molar-refractivity contribution in [2.45, 2.75) is 13.3 Å². The van der Waals surface area contributed by atoms with E-state index in [-0.39, 0.29) is 17.6 Å². The van der Waals surface area contributed by atoms with Gasteiger partial charge in [0.1, 0.15) is 5.52 Å². The summed E-state index contributed by atoms with van der Waals surface area (Å²) in [7, 11) is 0. The van der Waals surface area contributed by atoms with E-state index in [4.69, 9.17) is 5.11 Å². The first-order chi connectivity index (χ1) is 8.49. The van der Waals surface area contributed by atoms with Crippen molar-refractivity contribution < 1.29 is 14.8 Å². The highest BCUT2D eigenvalue weighted by atomic mass is 16.6. The minimum Gasteiger partial charge on any atom is -0.481 e. The molecule has 2 aromatic rings. The Bertz CT molecular complexity index is 652. The topological polar surface area (TPSA) is 93.3 Å². The fraction of sp³-hybridized carbons (Fsp3) is 0.167. The van der Waals surface area contributed by atoms with Gasteiger partial charge in [0.05, 0.1) is 11.3 Å². The lowest BCUT2D eigenvalue weighted by atomic mass is 10.1. The van der Waals surface area contributed by atoms with Crippen molar-refractivity contribution in [1.82, 2.24) is 4.98 Å². The second-order valence-corrected chi connectivity index (χ2v) is 3.91. The molecule has 0 unspecified atom stereocenters. The smallest absolute Gasteiger partial charge is 0.307 e. The van der Waals surface area contributed by atoms with Crippen molar-refractivity contribution in [2.24, 2.45) is 0 Å². The number of nitro groups is 1. The Balaban J connectivity index is 2.67. The van der Waals surface area contributed by atoms with Gasteiger partial charge in [0, 0.05) is 17.1 Å². The van der Waals surface area contributed by atoms with Gasteiger partial charge in [0.25, 0.3) is 5.69 Å². The largest absolute Gasteiger partial charge is 0.481 e. The van der Waals surface area contributed by atoms with Crippen molar-refractivity contribution in [3.05, 3.63) is 45.6 Å². The van der Waals surface area contributed by atoms with E-state index >= 15 is 0 Å². The molecule has 92 valence electrons. The number of pyridine rings is 1. The molecular formula is C12H10N2O4. The standard InChI is InChI=1S/C12H10N2O4/c1-7-9(6-11(15)16)5-8-3-2-4-10(14(17)18)12(8)13-7/h2-5H,6H2,1H3,(H,15,16). The van der Waals surface area contributed by atoms with Gasteiger partial charge in [0.15, 0.2) is 0 Å². The van der Waals surface area contributed by atoms with E-state index in [1.165, 1.54) is 6.07 Å². The first kappa shape index (κ1) is 12.0. The summed E-state index contributed by atoms with van der Waals surface area (Å²) >= 11 is 0. The SMILES string of the molecule is Cc1nc2c([N+](=O)[O-])cccc2cc1CC(=O)O. The van der Waals surface area contributed by atoms with Crippen molar-refractivity contribution in [1.29, 1.82) is 0 Å². The number of hydrogen-bond donors (Lipinski definition) is 1. The van der Waals surface area contributed by atoms with Gasteiger partial charge in [-0.2, -0.15) is 0 Å². The van der Waals surface area contributed by atoms with Crippen LogP contribution in [0.1, 0.15) is 11.3 Å². The van der Waals surface area contributed by atoms with Gasteiger partial charge in [-0.3, -0.25) is 14.9 Å². The summed E-state index contributed by atoms with van der Waals surface area (Å²) in [4.78, 5) is 25.2. The predicted molar refractivity (Wildman–Crippen MR) is 64.5 cm³/mol. The molecule has 0 amide bonds. The number of carboxylic acid groups (broad SMARTS) is 1. The molecule has 0 radical (unpaired) electrons. The van der Waals surface area contributed by atoms with E-state index in [0.717, 1.165) is 0 Å². The van der Waals surface area contributed by atoms with E-state index < -0.39 is 10.9 Å². The van der Waals surface area contributed by atoms with Crippen molar-refractivity contribution in [3.8, 4) is 0 Å². The highest BCUT2D eigenvalue weighted by Crippen LogP contribution is 2.25. The number of hydrogen-bond acceptors (Lipinski definition) is 4. The van der Waals surface area contributed by atoms with Crippen LogP contribution in [-0.4, -0.2) is 21.0 Å². The third-order valence-corrected chi connectivity index (χ3v) is 2.66. The number of nitrogens with zero attached hydrogens (tertiary/aromatic N) is 2. The third kappa shape index (κ3) is 2.13. The average Bonchev–Trinajstić information content (AvgIpc) is 2.28. The fourth-order valence-electron chi connectivity index (χ4n) is 1.81. The summed E-state index contributed by atoms with van der Waals surface area (Å²) in [5, 5.41) is 20.2. The van der Waals surface area contributed by atoms with Crippen LogP contribution in [0.3, 0.4) is 0 Å². The maximum absolute atomic E-state index is 10.9. The van der Waals surface area contributed by atoms with Crippen molar-refractivity contribution >= 4 is 22.6 Å². The van der Waals surface area contributed by atoms with Gasteiger partial charge in [-0.1, -0.05) is 12.1 Å². The molecule has 1 N–H and O–H groups in total. The molecule has 0 bridgehead atoms. The van der Waals surface area contributed by atoms with Crippen LogP contribution < -0.4 is 0 Å². The Labute approximate surface area is 102 Å². The lowest BCUT2D eigenvalue weighted by Gasteiger charge is -2.05. The quantitative estimate of drug-likeness (QED) is 0.661. The first-order valence-electron chi connectivity index (χ1n) is 5.24. The summed E-state index contributed by atoms with van der Waals surface area (Å²) in [6.45, 7) is 1.65. The molecule has 6 heteroatoms. The maximum atomic E-state index is 10.9. The van der Waals surface area contributed by atoms with Crippen molar-refractivity contribution in [3.63, 3.8) is 0 Å². The Hall–Kier alpha value is -2.50. The van der Waals surface area contributed by atoms with Gasteiger partial charge < -0.3 is 5.11 Å². The lowest BCUT2D eigenvalue weighted by molar-refractivity contribution is -0.383. The van der Waals surface area contributed by atoms with Crippen molar-refractivity contribution in [2.75, 3.05) is 0 Å². The highest BCUT2D eigenvalue weighted by Gasteiger charge is 2.15. The van der Waals surface area contributed by atoms with Gasteiger partial charge in [0.2, 0.25) is 0 Å². The molecule has 18 heavy (non-hydrogen) atoms. The monoisotopic (exact) mass is 246 g/mol. The molecule has 0 saturated carbocycles. The zero-order valence-electron chi connectivity index (χ0n) is 9.58. The van der Waals surface area contributed by atoms with E-state index in [0.29, 0.717) is 16.6 Å². The van der Waals surface area contributed by atoms with Crippen LogP contribution in [0.25, 0.3) is 10.9 Å². The van der Waals surface area contributed by atoms with E-state index in [1.807, 2.05) is 0 Å². The summed E-state index contributed by atoms with van der Waals surface area (Å²) in [5.74, 6) is -0.954. The number of non-ortho nitro benzene ring substituents is 1. The Morgan fingerprint density at radius 3 is 2.83 bits per heavy atom. The molecule has 2 rings (SSSR count). The molecule has 6 nitrogen and oxygen atoms in total. The number of benzene rings is 1. The summed E-state index contributed by atoms with van der Waals surface area (Å²) in [6, 6.07) is 6.26. The molecule has 0 saturated heterocycles. The normalized spacial score (nSPS) is 10.5. The molecule has 0 spiro atoms. The van der Waals surface area contributed by atoms with Gasteiger partial charge >= 0.3 is 5.97 Å². The first-order valence-corrected chi connectivity index (χ1v) is 5.24. The second kappa shape index (κ2) is 4.40. The predicted octanol–water partition coefficient (Wildman–Crippen LogP) is 2.08. The average molecular weight is 246 g/mol. The van der Waals surface area contributed by atoms with Crippen LogP contribution in [-0.2, 0) is 11.2 Å². The van der Waals surface area contributed by atoms with E-state index in [1.54, 1.807) is 25.1 Å². The van der Waals surface area contributed by atoms with Crippen LogP contribution in [0, 0.1) is 17.0 Å². The molecule has 0 aliphatic rings. The summed E-state index contributed by atoms with van der Waals surface area (Å²) in [5.41, 5.74) is 1.28. The van der Waals surface area contributed by atoms with Gasteiger partial charge in [-0.05, 0) is 18.6 Å². The van der Waals surface area contributed by atoms with Gasteiger partial charge in [-0.25, -0.2) is 4.98 Å². The number of aryl methyl sites for hydroxylation is 1. The van der Waals surface area contributed by atoms with Gasteiger partial charge in [-0.15, -0.1) is 0 Å². The molecule has 0 aliphatic heterocycles. The molecule has 1 aromatic heterocycles. The third-order valence-electron chi connectivity index (χ3n) is 2.66. The van der Waals surface area contributed by atoms with Crippen LogP contribution >= 0.6 is 0 Å². The minimum atomic E-state index is -0.954.